The molecule has 2 aromatic carbocycles. The minimum absolute atomic E-state index is 0.156. The lowest BCUT2D eigenvalue weighted by Crippen LogP contribution is -2.38. The molecule has 1 saturated heterocycles. The maximum Gasteiger partial charge on any atom is 0.271 e. The number of imidazole rings is 1. The summed E-state index contributed by atoms with van der Waals surface area (Å²) in [7, 11) is 0. The standard InChI is InChI=1S/C27H26N6O2S/c34-25(13-18-14-28-20-6-2-1-5-19(18)20)33-11-9-17(10-12-33)27-32-23(16-36-27)26(35)29-15-24-30-21-7-3-4-8-22(21)31-24/h1-8,14,16-17,28H,9-13,15H2,(H,29,35)(H,30,31). The Morgan fingerprint density at radius 3 is 2.64 bits per heavy atom. The highest BCUT2D eigenvalue weighted by atomic mass is 32.1. The minimum Gasteiger partial charge on any atom is -0.361 e. The zero-order valence-electron chi connectivity index (χ0n) is 19.7. The summed E-state index contributed by atoms with van der Waals surface area (Å²) in [6.07, 6.45) is 4.05. The number of thiazole rings is 1. The Balaban J connectivity index is 1.02. The third-order valence-electron chi connectivity index (χ3n) is 6.82. The fraction of sp³-hybridized carbons (Fsp3) is 0.259. The van der Waals surface area contributed by atoms with E-state index in [4.69, 9.17) is 0 Å². The number of likely N-dealkylation sites (tertiary alicyclic amines) is 1. The van der Waals surface area contributed by atoms with Crippen LogP contribution in [0.15, 0.2) is 60.1 Å². The first-order chi connectivity index (χ1) is 17.6. The quantitative estimate of drug-likeness (QED) is 0.323. The van der Waals surface area contributed by atoms with Crippen LogP contribution < -0.4 is 5.32 Å². The maximum absolute atomic E-state index is 12.9. The van der Waals surface area contributed by atoms with Crippen LogP contribution in [0.3, 0.4) is 0 Å². The molecule has 3 aromatic heterocycles. The molecular formula is C27H26N6O2S. The first-order valence-corrected chi connectivity index (χ1v) is 13.0. The van der Waals surface area contributed by atoms with Crippen molar-refractivity contribution in [2.45, 2.75) is 31.7 Å². The number of hydrogen-bond acceptors (Lipinski definition) is 5. The predicted molar refractivity (Wildman–Crippen MR) is 140 cm³/mol. The summed E-state index contributed by atoms with van der Waals surface area (Å²) in [6, 6.07) is 15.8. The van der Waals surface area contributed by atoms with Crippen molar-refractivity contribution in [1.29, 1.82) is 0 Å². The van der Waals surface area contributed by atoms with Crippen molar-refractivity contribution in [2.75, 3.05) is 13.1 Å². The summed E-state index contributed by atoms with van der Waals surface area (Å²) < 4.78 is 0. The summed E-state index contributed by atoms with van der Waals surface area (Å²) >= 11 is 1.52. The summed E-state index contributed by atoms with van der Waals surface area (Å²) in [5.41, 5.74) is 4.35. The molecule has 1 aliphatic rings. The summed E-state index contributed by atoms with van der Waals surface area (Å²) in [5.74, 6) is 0.932. The number of rotatable bonds is 6. The average molecular weight is 499 g/mol. The minimum atomic E-state index is -0.204. The summed E-state index contributed by atoms with van der Waals surface area (Å²) in [4.78, 5) is 43.1. The molecule has 0 spiro atoms. The summed E-state index contributed by atoms with van der Waals surface area (Å²) in [6.45, 7) is 1.73. The molecule has 1 fully saturated rings. The van der Waals surface area contributed by atoms with Crippen molar-refractivity contribution in [1.82, 2.24) is 30.2 Å². The van der Waals surface area contributed by atoms with E-state index in [1.807, 2.05) is 65.0 Å². The molecule has 5 aromatic rings. The third kappa shape index (κ3) is 4.49. The van der Waals surface area contributed by atoms with Gasteiger partial charge in [0.1, 0.15) is 11.5 Å². The molecule has 8 nitrogen and oxygen atoms in total. The zero-order chi connectivity index (χ0) is 24.5. The van der Waals surface area contributed by atoms with Crippen LogP contribution in [0.25, 0.3) is 21.9 Å². The van der Waals surface area contributed by atoms with Crippen molar-refractivity contribution in [2.24, 2.45) is 0 Å². The van der Waals surface area contributed by atoms with E-state index in [-0.39, 0.29) is 17.7 Å². The number of nitrogens with zero attached hydrogens (tertiary/aromatic N) is 3. The highest BCUT2D eigenvalue weighted by Gasteiger charge is 2.26. The smallest absolute Gasteiger partial charge is 0.271 e. The molecule has 0 unspecified atom stereocenters. The third-order valence-corrected chi connectivity index (χ3v) is 7.83. The molecule has 4 heterocycles. The van der Waals surface area contributed by atoms with Crippen LogP contribution in [0.1, 0.15) is 45.6 Å². The number of piperidine rings is 1. The molecule has 9 heteroatoms. The van der Waals surface area contributed by atoms with Gasteiger partial charge in [-0.2, -0.15) is 0 Å². The van der Waals surface area contributed by atoms with Gasteiger partial charge in [0.05, 0.1) is 29.0 Å². The number of H-pyrrole nitrogens is 2. The molecular weight excluding hydrogens is 472 g/mol. The predicted octanol–water partition coefficient (Wildman–Crippen LogP) is 4.38. The monoisotopic (exact) mass is 498 g/mol. The zero-order valence-corrected chi connectivity index (χ0v) is 20.5. The van der Waals surface area contributed by atoms with Crippen LogP contribution in [0.5, 0.6) is 0 Å². The van der Waals surface area contributed by atoms with Gasteiger partial charge in [-0.25, -0.2) is 9.97 Å². The lowest BCUT2D eigenvalue weighted by molar-refractivity contribution is -0.131. The van der Waals surface area contributed by atoms with Crippen LogP contribution in [0.4, 0.5) is 0 Å². The van der Waals surface area contributed by atoms with Crippen molar-refractivity contribution in [3.8, 4) is 0 Å². The van der Waals surface area contributed by atoms with Crippen molar-refractivity contribution in [3.63, 3.8) is 0 Å². The maximum atomic E-state index is 12.9. The van der Waals surface area contributed by atoms with Gasteiger partial charge in [0.25, 0.3) is 5.91 Å². The Bertz CT molecular complexity index is 1510. The van der Waals surface area contributed by atoms with E-state index in [0.29, 0.717) is 37.6 Å². The number of aromatic amines is 2. The second-order valence-corrected chi connectivity index (χ2v) is 10.0. The van der Waals surface area contributed by atoms with Crippen LogP contribution in [-0.4, -0.2) is 49.7 Å². The average Bonchev–Trinajstić information content (AvgIpc) is 3.66. The van der Waals surface area contributed by atoms with Crippen LogP contribution in [-0.2, 0) is 17.8 Å². The first kappa shape index (κ1) is 22.5. The van der Waals surface area contributed by atoms with Gasteiger partial charge in [0.2, 0.25) is 5.91 Å². The second kappa shape index (κ2) is 9.58. The molecule has 0 atom stereocenters. The van der Waals surface area contributed by atoms with Gasteiger partial charge in [-0.15, -0.1) is 11.3 Å². The Kier molecular flexibility index (Phi) is 5.98. The van der Waals surface area contributed by atoms with Gasteiger partial charge in [-0.05, 0) is 36.6 Å². The van der Waals surface area contributed by atoms with Gasteiger partial charge < -0.3 is 20.2 Å². The van der Waals surface area contributed by atoms with E-state index in [9.17, 15) is 9.59 Å². The molecule has 0 saturated carbocycles. The number of fused-ring (bicyclic) bond motifs is 2. The number of aromatic nitrogens is 4. The van der Waals surface area contributed by atoms with Crippen LogP contribution >= 0.6 is 11.3 Å². The van der Waals surface area contributed by atoms with Gasteiger partial charge in [-0.1, -0.05) is 30.3 Å². The highest BCUT2D eigenvalue weighted by molar-refractivity contribution is 7.09. The Labute approximate surface area is 211 Å². The number of carbonyl (C=O) groups is 2. The van der Waals surface area contributed by atoms with Crippen molar-refractivity contribution >= 4 is 45.1 Å². The molecule has 0 aliphatic carbocycles. The Morgan fingerprint density at radius 1 is 1.03 bits per heavy atom. The number of carbonyl (C=O) groups excluding carboxylic acids is 2. The molecule has 0 bridgehead atoms. The number of hydrogen-bond donors (Lipinski definition) is 3. The van der Waals surface area contributed by atoms with Gasteiger partial charge >= 0.3 is 0 Å². The van der Waals surface area contributed by atoms with Gasteiger partial charge in [0, 0.05) is 41.5 Å². The number of amides is 2. The fourth-order valence-electron chi connectivity index (χ4n) is 4.85. The lowest BCUT2D eigenvalue weighted by Gasteiger charge is -2.31. The highest BCUT2D eigenvalue weighted by Crippen LogP contribution is 2.31. The van der Waals surface area contributed by atoms with Crippen molar-refractivity contribution < 1.29 is 9.59 Å². The van der Waals surface area contributed by atoms with E-state index in [1.165, 1.54) is 11.3 Å². The Hall–Kier alpha value is -3.98. The lowest BCUT2D eigenvalue weighted by atomic mass is 9.97. The topological polar surface area (TPSA) is 107 Å². The molecule has 182 valence electrons. The van der Waals surface area contributed by atoms with Crippen LogP contribution in [0, 0.1) is 0 Å². The van der Waals surface area contributed by atoms with E-state index < -0.39 is 0 Å². The Morgan fingerprint density at radius 2 is 1.81 bits per heavy atom. The number of para-hydroxylation sites is 3. The fourth-order valence-corrected chi connectivity index (χ4v) is 5.82. The number of nitrogens with one attached hydrogen (secondary N) is 3. The largest absolute Gasteiger partial charge is 0.361 e. The molecule has 0 radical (unpaired) electrons. The van der Waals surface area contributed by atoms with Crippen molar-refractivity contribution in [3.05, 3.63) is 82.2 Å². The van der Waals surface area contributed by atoms with Gasteiger partial charge in [-0.3, -0.25) is 9.59 Å². The van der Waals surface area contributed by atoms with E-state index in [0.717, 1.165) is 45.3 Å². The molecule has 3 N–H and O–H groups in total. The van der Waals surface area contributed by atoms with E-state index in [1.54, 1.807) is 0 Å². The molecule has 2 amide bonds. The SMILES string of the molecule is O=C(NCc1nc2ccccc2[nH]1)c1csc(C2CCN(C(=O)Cc3c[nH]c4ccccc34)CC2)n1. The molecule has 1 aliphatic heterocycles. The van der Waals surface area contributed by atoms with E-state index >= 15 is 0 Å². The first-order valence-electron chi connectivity index (χ1n) is 12.1. The normalized spacial score (nSPS) is 14.5. The van der Waals surface area contributed by atoms with E-state index in [2.05, 4.69) is 25.3 Å². The summed E-state index contributed by atoms with van der Waals surface area (Å²) in [5, 5.41) is 6.79. The molecule has 36 heavy (non-hydrogen) atoms. The molecule has 6 rings (SSSR count). The van der Waals surface area contributed by atoms with Gasteiger partial charge in [0.15, 0.2) is 0 Å². The number of benzene rings is 2. The second-order valence-electron chi connectivity index (χ2n) is 9.15. The van der Waals surface area contributed by atoms with Crippen LogP contribution in [0.2, 0.25) is 0 Å².